The second-order valence-electron chi connectivity index (χ2n) is 3.91. The number of anilines is 2. The van der Waals surface area contributed by atoms with Crippen LogP contribution in [0.4, 0.5) is 17.3 Å². The van der Waals surface area contributed by atoms with Crippen molar-refractivity contribution in [2.75, 3.05) is 10.6 Å². The Balaban J connectivity index is 2.04. The van der Waals surface area contributed by atoms with Gasteiger partial charge in [-0.3, -0.25) is 10.1 Å². The Labute approximate surface area is 120 Å². The fourth-order valence-corrected chi connectivity index (χ4v) is 1.68. The topological polar surface area (TPSA) is 93.0 Å². The minimum absolute atomic E-state index is 0.00962. The van der Waals surface area contributed by atoms with E-state index in [1.165, 1.54) is 12.1 Å². The van der Waals surface area contributed by atoms with Crippen LogP contribution in [0.2, 0.25) is 0 Å². The molecule has 1 heterocycles. The zero-order valence-corrected chi connectivity index (χ0v) is 11.3. The van der Waals surface area contributed by atoms with Crippen LogP contribution in [-0.4, -0.2) is 20.0 Å². The Kier molecular flexibility index (Phi) is 4.16. The SMILES string of the molecule is Cc1ccnc(NC(=S)Nc2cccc([N+](=O)[O-])c2)n1. The molecule has 0 aliphatic heterocycles. The van der Waals surface area contributed by atoms with E-state index in [-0.39, 0.29) is 10.8 Å². The van der Waals surface area contributed by atoms with Crippen molar-refractivity contribution >= 4 is 34.7 Å². The van der Waals surface area contributed by atoms with Crippen LogP contribution in [0, 0.1) is 17.0 Å². The van der Waals surface area contributed by atoms with E-state index in [1.807, 2.05) is 6.92 Å². The molecule has 0 aliphatic carbocycles. The maximum Gasteiger partial charge on any atom is 0.271 e. The molecule has 0 saturated heterocycles. The largest absolute Gasteiger partial charge is 0.332 e. The summed E-state index contributed by atoms with van der Waals surface area (Å²) < 4.78 is 0. The molecule has 0 unspecified atom stereocenters. The molecule has 8 heteroatoms. The predicted octanol–water partition coefficient (Wildman–Crippen LogP) is 2.50. The Bertz CT molecular complexity index is 662. The monoisotopic (exact) mass is 289 g/mol. The minimum Gasteiger partial charge on any atom is -0.332 e. The first-order valence-electron chi connectivity index (χ1n) is 5.67. The molecule has 7 nitrogen and oxygen atoms in total. The van der Waals surface area contributed by atoms with Gasteiger partial charge in [-0.15, -0.1) is 0 Å². The number of hydrogen-bond acceptors (Lipinski definition) is 5. The van der Waals surface area contributed by atoms with Gasteiger partial charge in [0, 0.05) is 29.7 Å². The number of nitrogens with zero attached hydrogens (tertiary/aromatic N) is 3. The zero-order valence-electron chi connectivity index (χ0n) is 10.5. The lowest BCUT2D eigenvalue weighted by Gasteiger charge is -2.09. The normalized spacial score (nSPS) is 9.85. The van der Waals surface area contributed by atoms with E-state index in [0.717, 1.165) is 5.69 Å². The number of hydrogen-bond donors (Lipinski definition) is 2. The van der Waals surface area contributed by atoms with Gasteiger partial charge in [-0.25, -0.2) is 9.97 Å². The molecule has 0 fully saturated rings. The number of aromatic nitrogens is 2. The molecule has 0 radical (unpaired) electrons. The van der Waals surface area contributed by atoms with Gasteiger partial charge >= 0.3 is 0 Å². The highest BCUT2D eigenvalue weighted by molar-refractivity contribution is 7.80. The predicted molar refractivity (Wildman–Crippen MR) is 79.7 cm³/mol. The van der Waals surface area contributed by atoms with E-state index >= 15 is 0 Å². The van der Waals surface area contributed by atoms with Gasteiger partial charge in [0.1, 0.15) is 0 Å². The Morgan fingerprint density at radius 1 is 1.35 bits per heavy atom. The van der Waals surface area contributed by atoms with Crippen LogP contribution in [0.5, 0.6) is 0 Å². The quantitative estimate of drug-likeness (QED) is 0.509. The van der Waals surface area contributed by atoms with Crippen molar-refractivity contribution in [2.24, 2.45) is 0 Å². The Hall–Kier alpha value is -2.61. The summed E-state index contributed by atoms with van der Waals surface area (Å²) >= 11 is 5.10. The summed E-state index contributed by atoms with van der Waals surface area (Å²) in [4.78, 5) is 18.4. The summed E-state index contributed by atoms with van der Waals surface area (Å²) in [6, 6.07) is 7.82. The van der Waals surface area contributed by atoms with E-state index in [4.69, 9.17) is 12.2 Å². The van der Waals surface area contributed by atoms with Gasteiger partial charge in [0.05, 0.1) is 4.92 Å². The third-order valence-electron chi connectivity index (χ3n) is 2.33. The second kappa shape index (κ2) is 6.02. The summed E-state index contributed by atoms with van der Waals surface area (Å²) in [6.07, 6.45) is 1.61. The van der Waals surface area contributed by atoms with Crippen molar-refractivity contribution in [3.8, 4) is 0 Å². The Morgan fingerprint density at radius 2 is 2.15 bits per heavy atom. The van der Waals surface area contributed by atoms with Crippen LogP contribution in [0.15, 0.2) is 36.5 Å². The summed E-state index contributed by atoms with van der Waals surface area (Å²) in [5, 5.41) is 16.6. The molecule has 1 aromatic heterocycles. The molecule has 0 atom stereocenters. The van der Waals surface area contributed by atoms with Gasteiger partial charge in [-0.05, 0) is 31.3 Å². The number of nitro benzene ring substituents is 1. The molecule has 102 valence electrons. The van der Waals surface area contributed by atoms with Crippen LogP contribution in [0.3, 0.4) is 0 Å². The maximum absolute atomic E-state index is 10.7. The molecular weight excluding hydrogens is 278 g/mol. The molecular formula is C12H11N5O2S. The van der Waals surface area contributed by atoms with Gasteiger partial charge in [-0.2, -0.15) is 0 Å². The molecule has 20 heavy (non-hydrogen) atoms. The molecule has 2 rings (SSSR count). The first-order valence-corrected chi connectivity index (χ1v) is 6.07. The van der Waals surface area contributed by atoms with Gasteiger partial charge in [-0.1, -0.05) is 6.07 Å². The maximum atomic E-state index is 10.7. The fraction of sp³-hybridized carbons (Fsp3) is 0.0833. The number of aryl methyl sites for hydroxylation is 1. The number of thiocarbonyl (C=S) groups is 1. The first-order chi connectivity index (χ1) is 9.54. The molecule has 0 saturated carbocycles. The van der Waals surface area contributed by atoms with Crippen molar-refractivity contribution in [1.82, 2.24) is 9.97 Å². The van der Waals surface area contributed by atoms with Crippen LogP contribution >= 0.6 is 12.2 Å². The van der Waals surface area contributed by atoms with Gasteiger partial charge in [0.2, 0.25) is 5.95 Å². The lowest BCUT2D eigenvalue weighted by atomic mass is 10.3. The van der Waals surface area contributed by atoms with E-state index < -0.39 is 4.92 Å². The zero-order chi connectivity index (χ0) is 14.5. The summed E-state index contributed by atoms with van der Waals surface area (Å²) in [7, 11) is 0. The van der Waals surface area contributed by atoms with Crippen molar-refractivity contribution in [3.63, 3.8) is 0 Å². The highest BCUT2D eigenvalue weighted by Gasteiger charge is 2.07. The Morgan fingerprint density at radius 3 is 2.85 bits per heavy atom. The number of nitro groups is 1. The van der Waals surface area contributed by atoms with E-state index in [0.29, 0.717) is 11.6 Å². The van der Waals surface area contributed by atoms with Crippen LogP contribution in [-0.2, 0) is 0 Å². The third-order valence-corrected chi connectivity index (χ3v) is 2.54. The van der Waals surface area contributed by atoms with Crippen molar-refractivity contribution < 1.29 is 4.92 Å². The van der Waals surface area contributed by atoms with Gasteiger partial charge in [0.25, 0.3) is 5.69 Å². The van der Waals surface area contributed by atoms with Crippen molar-refractivity contribution in [2.45, 2.75) is 6.92 Å². The summed E-state index contributed by atoms with van der Waals surface area (Å²) in [5.41, 5.74) is 1.31. The first kappa shape index (κ1) is 13.8. The summed E-state index contributed by atoms with van der Waals surface area (Å²) in [6.45, 7) is 1.84. The second-order valence-corrected chi connectivity index (χ2v) is 4.32. The molecule has 1 aromatic carbocycles. The molecule has 0 aliphatic rings. The minimum atomic E-state index is -0.467. The van der Waals surface area contributed by atoms with E-state index in [9.17, 15) is 10.1 Å². The van der Waals surface area contributed by atoms with E-state index in [1.54, 1.807) is 24.4 Å². The average molecular weight is 289 g/mol. The molecule has 2 N–H and O–H groups in total. The molecule has 0 bridgehead atoms. The molecule has 0 amide bonds. The fourth-order valence-electron chi connectivity index (χ4n) is 1.47. The van der Waals surface area contributed by atoms with Crippen LogP contribution in [0.1, 0.15) is 5.69 Å². The van der Waals surface area contributed by atoms with Crippen molar-refractivity contribution in [1.29, 1.82) is 0 Å². The van der Waals surface area contributed by atoms with Gasteiger partial charge < -0.3 is 10.6 Å². The number of nitrogens with one attached hydrogen (secondary N) is 2. The highest BCUT2D eigenvalue weighted by atomic mass is 32.1. The van der Waals surface area contributed by atoms with Crippen LogP contribution in [0.25, 0.3) is 0 Å². The lowest BCUT2D eigenvalue weighted by Crippen LogP contribution is -2.20. The lowest BCUT2D eigenvalue weighted by molar-refractivity contribution is -0.384. The third kappa shape index (κ3) is 3.69. The average Bonchev–Trinajstić information content (AvgIpc) is 2.38. The highest BCUT2D eigenvalue weighted by Crippen LogP contribution is 2.17. The smallest absolute Gasteiger partial charge is 0.271 e. The van der Waals surface area contributed by atoms with Crippen molar-refractivity contribution in [3.05, 3.63) is 52.3 Å². The summed E-state index contributed by atoms with van der Waals surface area (Å²) in [5.74, 6) is 0.368. The molecule has 0 spiro atoms. The number of rotatable bonds is 3. The number of non-ortho nitro benzene ring substituents is 1. The van der Waals surface area contributed by atoms with E-state index in [2.05, 4.69) is 20.6 Å². The van der Waals surface area contributed by atoms with Crippen LogP contribution < -0.4 is 10.6 Å². The molecule has 2 aromatic rings. The standard InChI is InChI=1S/C12H11N5O2S/c1-8-5-6-13-11(14-8)16-12(20)15-9-3-2-4-10(7-9)17(18)19/h2-7H,1H3,(H2,13,14,15,16,20). The van der Waals surface area contributed by atoms with Gasteiger partial charge in [0.15, 0.2) is 5.11 Å². The number of benzene rings is 1.